The van der Waals surface area contributed by atoms with Crippen LogP contribution in [0.15, 0.2) is 47.4 Å². The van der Waals surface area contributed by atoms with Crippen molar-refractivity contribution in [2.75, 3.05) is 0 Å². The van der Waals surface area contributed by atoms with Crippen LogP contribution in [0.2, 0.25) is 0 Å². The number of hydrogen-bond donors (Lipinski definition) is 1. The van der Waals surface area contributed by atoms with Crippen LogP contribution in [0.4, 0.5) is 5.69 Å². The number of rotatable bonds is 5. The van der Waals surface area contributed by atoms with Gasteiger partial charge in [0.1, 0.15) is 5.56 Å². The first-order valence-electron chi connectivity index (χ1n) is 6.18. The molecule has 2 aromatic carbocycles. The largest absolute Gasteiger partial charge is 0.477 e. The molecule has 21 heavy (non-hydrogen) atoms. The van der Waals surface area contributed by atoms with Gasteiger partial charge in [0.05, 0.1) is 4.92 Å². The monoisotopic (exact) mass is 303 g/mol. The Hall–Kier alpha value is -2.34. The topological polar surface area (TPSA) is 80.4 Å². The second-order valence-electron chi connectivity index (χ2n) is 4.46. The quantitative estimate of drug-likeness (QED) is 0.515. The number of nitrogens with zero attached hydrogens (tertiary/aromatic N) is 1. The van der Waals surface area contributed by atoms with E-state index in [9.17, 15) is 14.9 Å². The van der Waals surface area contributed by atoms with Gasteiger partial charge in [0.2, 0.25) is 0 Å². The van der Waals surface area contributed by atoms with Crippen molar-refractivity contribution < 1.29 is 14.8 Å². The van der Waals surface area contributed by atoms with Gasteiger partial charge in [-0.25, -0.2) is 4.79 Å². The SMILES string of the molecule is Cc1ccccc1CSc1ccc(C(=O)O)c([N+](=O)[O-])c1. The normalized spacial score (nSPS) is 10.3. The van der Waals surface area contributed by atoms with Crippen molar-refractivity contribution in [1.29, 1.82) is 0 Å². The number of hydrogen-bond acceptors (Lipinski definition) is 4. The van der Waals surface area contributed by atoms with Crippen LogP contribution in [0.3, 0.4) is 0 Å². The Kier molecular flexibility index (Phi) is 4.59. The molecule has 0 radical (unpaired) electrons. The smallest absolute Gasteiger partial charge is 0.342 e. The zero-order chi connectivity index (χ0) is 15.4. The lowest BCUT2D eigenvalue weighted by molar-refractivity contribution is -0.385. The Balaban J connectivity index is 2.22. The van der Waals surface area contributed by atoms with Gasteiger partial charge in [-0.1, -0.05) is 24.3 Å². The maximum absolute atomic E-state index is 11.0. The lowest BCUT2D eigenvalue weighted by Crippen LogP contribution is -2.02. The van der Waals surface area contributed by atoms with E-state index < -0.39 is 10.9 Å². The van der Waals surface area contributed by atoms with Gasteiger partial charge >= 0.3 is 5.97 Å². The van der Waals surface area contributed by atoms with Crippen LogP contribution in [-0.4, -0.2) is 16.0 Å². The van der Waals surface area contributed by atoms with Crippen molar-refractivity contribution >= 4 is 23.4 Å². The van der Waals surface area contributed by atoms with Crippen LogP contribution < -0.4 is 0 Å². The van der Waals surface area contributed by atoms with E-state index in [0.717, 1.165) is 11.1 Å². The molecule has 0 aliphatic rings. The fourth-order valence-electron chi connectivity index (χ4n) is 1.87. The highest BCUT2D eigenvalue weighted by atomic mass is 32.2. The fourth-order valence-corrected chi connectivity index (χ4v) is 2.87. The third kappa shape index (κ3) is 3.61. The summed E-state index contributed by atoms with van der Waals surface area (Å²) in [5.41, 5.74) is 1.63. The molecule has 5 nitrogen and oxygen atoms in total. The van der Waals surface area contributed by atoms with Gasteiger partial charge in [-0.3, -0.25) is 10.1 Å². The zero-order valence-corrected chi connectivity index (χ0v) is 12.1. The van der Waals surface area contributed by atoms with E-state index in [1.807, 2.05) is 31.2 Å². The summed E-state index contributed by atoms with van der Waals surface area (Å²) in [4.78, 5) is 21.9. The minimum atomic E-state index is -1.29. The first-order valence-corrected chi connectivity index (χ1v) is 7.16. The Morgan fingerprint density at radius 1 is 1.29 bits per heavy atom. The highest BCUT2D eigenvalue weighted by Gasteiger charge is 2.20. The number of nitro groups is 1. The summed E-state index contributed by atoms with van der Waals surface area (Å²) in [7, 11) is 0. The van der Waals surface area contributed by atoms with Gasteiger partial charge in [0.25, 0.3) is 5.69 Å². The van der Waals surface area contributed by atoms with Crippen LogP contribution in [0, 0.1) is 17.0 Å². The predicted molar refractivity (Wildman–Crippen MR) is 80.8 cm³/mol. The summed E-state index contributed by atoms with van der Waals surface area (Å²) < 4.78 is 0. The number of carboxylic acids is 1. The lowest BCUT2D eigenvalue weighted by atomic mass is 10.1. The number of aryl methyl sites for hydroxylation is 1. The molecule has 0 aliphatic heterocycles. The van der Waals surface area contributed by atoms with Crippen LogP contribution >= 0.6 is 11.8 Å². The van der Waals surface area contributed by atoms with Crippen LogP contribution in [0.5, 0.6) is 0 Å². The molecule has 0 aliphatic carbocycles. The van der Waals surface area contributed by atoms with Gasteiger partial charge in [-0.15, -0.1) is 11.8 Å². The minimum Gasteiger partial charge on any atom is -0.477 e. The van der Waals surface area contributed by atoms with E-state index in [0.29, 0.717) is 10.6 Å². The number of carbonyl (C=O) groups is 1. The molecule has 0 atom stereocenters. The standard InChI is InChI=1S/C15H13NO4S/c1-10-4-2-3-5-11(10)9-21-12-6-7-13(15(17)18)14(8-12)16(19)20/h2-8H,9H2,1H3,(H,17,18). The molecule has 0 amide bonds. The maximum atomic E-state index is 11.0. The summed E-state index contributed by atoms with van der Waals surface area (Å²) in [6.07, 6.45) is 0. The molecule has 0 spiro atoms. The maximum Gasteiger partial charge on any atom is 0.342 e. The molecule has 0 heterocycles. The number of benzene rings is 2. The number of aromatic carboxylic acids is 1. The van der Waals surface area contributed by atoms with E-state index in [4.69, 9.17) is 5.11 Å². The molecule has 108 valence electrons. The fraction of sp³-hybridized carbons (Fsp3) is 0.133. The van der Waals surface area contributed by atoms with Gasteiger partial charge in [0.15, 0.2) is 0 Å². The van der Waals surface area contributed by atoms with E-state index in [1.54, 1.807) is 6.07 Å². The Bertz CT molecular complexity index is 700. The Labute approximate surface area is 125 Å². The zero-order valence-electron chi connectivity index (χ0n) is 11.3. The summed E-state index contributed by atoms with van der Waals surface area (Å²) >= 11 is 1.44. The number of nitro benzene ring substituents is 1. The highest BCUT2D eigenvalue weighted by molar-refractivity contribution is 7.98. The van der Waals surface area contributed by atoms with Crippen LogP contribution in [-0.2, 0) is 5.75 Å². The molecular weight excluding hydrogens is 290 g/mol. The third-order valence-electron chi connectivity index (χ3n) is 3.05. The molecular formula is C15H13NO4S. The highest BCUT2D eigenvalue weighted by Crippen LogP contribution is 2.29. The first-order chi connectivity index (χ1) is 9.99. The summed E-state index contributed by atoms with van der Waals surface area (Å²) in [6, 6.07) is 12.1. The van der Waals surface area contributed by atoms with Crippen molar-refractivity contribution in [3.8, 4) is 0 Å². The molecule has 6 heteroatoms. The molecule has 0 saturated carbocycles. The molecule has 1 N–H and O–H groups in total. The van der Waals surface area contributed by atoms with E-state index in [2.05, 4.69) is 0 Å². The van der Waals surface area contributed by atoms with Crippen LogP contribution in [0.1, 0.15) is 21.5 Å². The summed E-state index contributed by atoms with van der Waals surface area (Å²) in [6.45, 7) is 2.01. The number of thioether (sulfide) groups is 1. The molecule has 0 saturated heterocycles. The van der Waals surface area contributed by atoms with Gasteiger partial charge in [-0.05, 0) is 30.2 Å². The molecule has 0 fully saturated rings. The summed E-state index contributed by atoms with van der Waals surface area (Å²) in [5, 5.41) is 19.9. The first kappa shape index (κ1) is 15.1. The second-order valence-corrected chi connectivity index (χ2v) is 5.51. The van der Waals surface area contributed by atoms with Crippen molar-refractivity contribution in [2.24, 2.45) is 0 Å². The van der Waals surface area contributed by atoms with E-state index in [-0.39, 0.29) is 11.3 Å². The predicted octanol–water partition coefficient (Wildman–Crippen LogP) is 3.89. The Morgan fingerprint density at radius 3 is 2.62 bits per heavy atom. The van der Waals surface area contributed by atoms with Crippen molar-refractivity contribution in [1.82, 2.24) is 0 Å². The average molecular weight is 303 g/mol. The van der Waals surface area contributed by atoms with Gasteiger partial charge in [-0.2, -0.15) is 0 Å². The van der Waals surface area contributed by atoms with E-state index >= 15 is 0 Å². The van der Waals surface area contributed by atoms with Crippen molar-refractivity contribution in [3.63, 3.8) is 0 Å². The number of carboxylic acid groups (broad SMARTS) is 1. The molecule has 2 aromatic rings. The average Bonchev–Trinajstić information content (AvgIpc) is 2.46. The molecule has 0 bridgehead atoms. The van der Waals surface area contributed by atoms with E-state index in [1.165, 1.54) is 23.9 Å². The van der Waals surface area contributed by atoms with Crippen molar-refractivity contribution in [3.05, 3.63) is 69.3 Å². The van der Waals surface area contributed by atoms with Gasteiger partial charge in [0, 0.05) is 16.7 Å². The minimum absolute atomic E-state index is 0.291. The lowest BCUT2D eigenvalue weighted by Gasteiger charge is -2.06. The molecule has 2 rings (SSSR count). The van der Waals surface area contributed by atoms with Crippen molar-refractivity contribution in [2.45, 2.75) is 17.6 Å². The van der Waals surface area contributed by atoms with Crippen LogP contribution in [0.25, 0.3) is 0 Å². The Morgan fingerprint density at radius 2 is 2.00 bits per heavy atom. The summed E-state index contributed by atoms with van der Waals surface area (Å²) in [5.74, 6) is -0.617. The van der Waals surface area contributed by atoms with Gasteiger partial charge < -0.3 is 5.11 Å². The molecule has 0 aromatic heterocycles. The molecule has 0 unspecified atom stereocenters. The third-order valence-corrected chi connectivity index (χ3v) is 4.09. The second kappa shape index (κ2) is 6.41.